The molecule has 0 saturated heterocycles. The lowest BCUT2D eigenvalue weighted by Gasteiger charge is -2.28. The van der Waals surface area contributed by atoms with E-state index >= 15 is 0 Å². The van der Waals surface area contributed by atoms with Gasteiger partial charge in [-0.25, -0.2) is 9.97 Å². The minimum atomic E-state index is -0.0957. The fourth-order valence-electron chi connectivity index (χ4n) is 7.07. The van der Waals surface area contributed by atoms with Gasteiger partial charge < -0.3 is 0 Å². The highest BCUT2D eigenvalue weighted by atomic mass is 15.2. The quantitative estimate of drug-likeness (QED) is 0.134. The first-order valence-electron chi connectivity index (χ1n) is 18.5. The number of anilines is 3. The monoisotopic (exact) mass is 689 g/mol. The summed E-state index contributed by atoms with van der Waals surface area (Å²) in [5, 5.41) is 0. The molecule has 0 aliphatic rings. The van der Waals surface area contributed by atoms with E-state index in [0.717, 1.165) is 23.7 Å². The Balaban J connectivity index is 1.22. The molecular weight excluding hydrogens is 643 g/mol. The molecule has 7 rings (SSSR count). The summed E-state index contributed by atoms with van der Waals surface area (Å²) in [5.74, 6) is 1.67. The summed E-state index contributed by atoms with van der Waals surface area (Å²) in [5.41, 5.74) is 12.2. The molecule has 5 aromatic carbocycles. The predicted molar refractivity (Wildman–Crippen MR) is 223 cm³/mol. The van der Waals surface area contributed by atoms with Crippen LogP contribution in [-0.2, 0) is 17.3 Å². The molecule has 0 unspecified atom stereocenters. The summed E-state index contributed by atoms with van der Waals surface area (Å²) in [6, 6.07) is 60.8. The number of benzene rings is 5. The van der Waals surface area contributed by atoms with Gasteiger partial charge in [0.25, 0.3) is 0 Å². The van der Waals surface area contributed by atoms with Crippen LogP contribution in [0.5, 0.6) is 0 Å². The van der Waals surface area contributed by atoms with Crippen molar-refractivity contribution in [2.24, 2.45) is 0 Å². The van der Waals surface area contributed by atoms with Gasteiger partial charge in [-0.3, -0.25) is 4.90 Å². The van der Waals surface area contributed by atoms with Crippen molar-refractivity contribution in [2.45, 2.75) is 51.9 Å². The van der Waals surface area contributed by atoms with Gasteiger partial charge in [0, 0.05) is 18.1 Å². The summed E-state index contributed by atoms with van der Waals surface area (Å²) < 4.78 is 0. The number of nitrogens with zero attached hydrogens (tertiary/aromatic N) is 3. The first-order chi connectivity index (χ1) is 25.7. The maximum Gasteiger partial charge on any atom is 0.138 e. The van der Waals surface area contributed by atoms with E-state index in [4.69, 9.17) is 0 Å². The molecular formula is C50H47N3. The van der Waals surface area contributed by atoms with Crippen LogP contribution in [0.25, 0.3) is 11.1 Å². The Morgan fingerprint density at radius 1 is 0.434 bits per heavy atom. The zero-order valence-corrected chi connectivity index (χ0v) is 31.4. The standard InChI is InChI=1S/C50H47N3/c1-49(2,3)42-28-26-41(27-29-42)48(47(38-16-8-6-9-17-38)39-18-10-7-11-19-39)40-24-22-37(23-25-40)36-50(4,5)43-30-32-44(33-31-43)53(45-20-12-14-34-51-45)46-21-13-15-35-52-46/h6-35H,36H2,1-5H3. The zero-order valence-electron chi connectivity index (χ0n) is 31.4. The highest BCUT2D eigenvalue weighted by Gasteiger charge is 2.24. The van der Waals surface area contributed by atoms with Crippen LogP contribution < -0.4 is 4.90 Å². The summed E-state index contributed by atoms with van der Waals surface area (Å²) in [6.07, 6.45) is 4.54. The molecule has 0 radical (unpaired) electrons. The minimum absolute atomic E-state index is 0.0798. The second kappa shape index (κ2) is 15.3. The lowest BCUT2D eigenvalue weighted by molar-refractivity contribution is 0.522. The van der Waals surface area contributed by atoms with Crippen LogP contribution in [0, 0.1) is 0 Å². The summed E-state index contributed by atoms with van der Waals surface area (Å²) in [4.78, 5) is 11.4. The van der Waals surface area contributed by atoms with Crippen LogP contribution in [0.1, 0.15) is 73.6 Å². The Kier molecular flexibility index (Phi) is 10.2. The average Bonchev–Trinajstić information content (AvgIpc) is 3.19. The van der Waals surface area contributed by atoms with E-state index in [1.165, 1.54) is 50.1 Å². The smallest absolute Gasteiger partial charge is 0.138 e. The summed E-state index contributed by atoms with van der Waals surface area (Å²) >= 11 is 0. The van der Waals surface area contributed by atoms with Crippen molar-refractivity contribution in [2.75, 3.05) is 4.90 Å². The number of pyridine rings is 2. The zero-order chi connectivity index (χ0) is 36.8. The van der Waals surface area contributed by atoms with Crippen LogP contribution in [0.4, 0.5) is 17.3 Å². The number of hydrogen-bond acceptors (Lipinski definition) is 3. The molecule has 0 N–H and O–H groups in total. The van der Waals surface area contributed by atoms with Crippen molar-refractivity contribution >= 4 is 28.5 Å². The molecule has 262 valence electrons. The molecule has 0 saturated carbocycles. The Morgan fingerprint density at radius 2 is 0.849 bits per heavy atom. The molecule has 3 heteroatoms. The summed E-state index contributed by atoms with van der Waals surface area (Å²) in [7, 11) is 0. The first-order valence-corrected chi connectivity index (χ1v) is 18.5. The van der Waals surface area contributed by atoms with Crippen molar-refractivity contribution in [3.8, 4) is 0 Å². The Morgan fingerprint density at radius 3 is 1.28 bits per heavy atom. The van der Waals surface area contributed by atoms with Crippen LogP contribution in [0.2, 0.25) is 0 Å². The van der Waals surface area contributed by atoms with Crippen LogP contribution in [0.15, 0.2) is 182 Å². The van der Waals surface area contributed by atoms with E-state index in [-0.39, 0.29) is 10.8 Å². The number of rotatable bonds is 10. The lowest BCUT2D eigenvalue weighted by Crippen LogP contribution is -2.21. The molecule has 0 spiro atoms. The average molecular weight is 690 g/mol. The van der Waals surface area contributed by atoms with Crippen molar-refractivity contribution in [1.82, 2.24) is 9.97 Å². The molecule has 0 amide bonds. The van der Waals surface area contributed by atoms with Gasteiger partial charge in [0.15, 0.2) is 0 Å². The topological polar surface area (TPSA) is 29.0 Å². The third kappa shape index (κ3) is 8.05. The van der Waals surface area contributed by atoms with Crippen molar-refractivity contribution in [3.05, 3.63) is 221 Å². The van der Waals surface area contributed by atoms with Crippen LogP contribution in [-0.4, -0.2) is 9.97 Å². The van der Waals surface area contributed by atoms with Gasteiger partial charge in [-0.05, 0) is 104 Å². The van der Waals surface area contributed by atoms with E-state index in [1.807, 2.05) is 48.8 Å². The van der Waals surface area contributed by atoms with E-state index in [9.17, 15) is 0 Å². The fraction of sp³-hybridized carbons (Fsp3) is 0.160. The third-order valence-electron chi connectivity index (χ3n) is 9.97. The van der Waals surface area contributed by atoms with Gasteiger partial charge >= 0.3 is 0 Å². The molecule has 0 aliphatic carbocycles. The van der Waals surface area contributed by atoms with E-state index < -0.39 is 0 Å². The van der Waals surface area contributed by atoms with Crippen molar-refractivity contribution in [1.29, 1.82) is 0 Å². The molecule has 0 atom stereocenters. The molecule has 0 aliphatic heterocycles. The van der Waals surface area contributed by atoms with E-state index in [2.05, 4.69) is 183 Å². The minimum Gasteiger partial charge on any atom is -0.279 e. The SMILES string of the molecule is CC(C)(C)c1ccc(C(=C(c2ccccc2)c2ccccc2)c2ccc(CC(C)(C)c3ccc(N(c4ccccn4)c4ccccn4)cc3)cc2)cc1. The molecule has 0 fully saturated rings. The molecule has 2 heterocycles. The van der Waals surface area contributed by atoms with E-state index in [1.54, 1.807) is 0 Å². The van der Waals surface area contributed by atoms with Crippen molar-refractivity contribution in [3.63, 3.8) is 0 Å². The van der Waals surface area contributed by atoms with Gasteiger partial charge in [0.05, 0.1) is 0 Å². The summed E-state index contributed by atoms with van der Waals surface area (Å²) in [6.45, 7) is 11.5. The van der Waals surface area contributed by atoms with Gasteiger partial charge in [-0.2, -0.15) is 0 Å². The van der Waals surface area contributed by atoms with Gasteiger partial charge in [-0.1, -0.05) is 168 Å². The van der Waals surface area contributed by atoms with Gasteiger partial charge in [-0.15, -0.1) is 0 Å². The van der Waals surface area contributed by atoms with Crippen molar-refractivity contribution < 1.29 is 0 Å². The second-order valence-corrected chi connectivity index (χ2v) is 15.3. The Bertz CT molecular complexity index is 2170. The van der Waals surface area contributed by atoms with Gasteiger partial charge in [0.2, 0.25) is 0 Å². The highest BCUT2D eigenvalue weighted by Crippen LogP contribution is 2.39. The predicted octanol–water partition coefficient (Wildman–Crippen LogP) is 12.8. The highest BCUT2D eigenvalue weighted by molar-refractivity contribution is 6.04. The molecule has 3 nitrogen and oxygen atoms in total. The number of hydrogen-bond donors (Lipinski definition) is 0. The first kappa shape index (κ1) is 35.3. The Hall–Kier alpha value is -6.06. The normalized spacial score (nSPS) is 11.6. The maximum absolute atomic E-state index is 4.64. The second-order valence-electron chi connectivity index (χ2n) is 15.3. The maximum atomic E-state index is 4.64. The molecule has 7 aromatic rings. The number of aromatic nitrogens is 2. The van der Waals surface area contributed by atoms with Crippen LogP contribution in [0.3, 0.4) is 0 Å². The third-order valence-corrected chi connectivity index (χ3v) is 9.97. The Labute approximate surface area is 315 Å². The molecule has 0 bridgehead atoms. The fourth-order valence-corrected chi connectivity index (χ4v) is 7.07. The molecule has 2 aromatic heterocycles. The largest absolute Gasteiger partial charge is 0.279 e. The molecule has 53 heavy (non-hydrogen) atoms. The lowest BCUT2D eigenvalue weighted by atomic mass is 9.78. The van der Waals surface area contributed by atoms with Gasteiger partial charge in [0.1, 0.15) is 11.6 Å². The van der Waals surface area contributed by atoms with Crippen LogP contribution >= 0.6 is 0 Å². The van der Waals surface area contributed by atoms with E-state index in [0.29, 0.717) is 0 Å².